The summed E-state index contributed by atoms with van der Waals surface area (Å²) >= 11 is 0. The van der Waals surface area contributed by atoms with Crippen LogP contribution in [0, 0.1) is 0 Å². The average molecular weight is 164 g/mol. The van der Waals surface area contributed by atoms with Crippen LogP contribution in [0.25, 0.3) is 0 Å². The molecule has 0 radical (unpaired) electrons. The van der Waals surface area contributed by atoms with Crippen LogP contribution in [-0.4, -0.2) is 16.4 Å². The van der Waals surface area contributed by atoms with Crippen molar-refractivity contribution in [3.8, 4) is 0 Å². The minimum absolute atomic E-state index is 0. The molecule has 0 heterocycles. The van der Waals surface area contributed by atoms with Gasteiger partial charge in [-0.15, -0.1) is 0 Å². The molecular formula is H15CoN3O3+3. The molecule has 0 amide bonds. The fourth-order valence-corrected chi connectivity index (χ4v) is 0. The Hall–Kier alpha value is 0.266. The van der Waals surface area contributed by atoms with E-state index in [2.05, 4.69) is 0 Å². The quantitative estimate of drug-likeness (QED) is 0.372. The minimum atomic E-state index is 0. The first kappa shape index (κ1) is 4020. The van der Waals surface area contributed by atoms with Crippen LogP contribution in [0.4, 0.5) is 0 Å². The average Bonchev–Trinajstić information content (AvgIpc) is 0. The molecule has 0 aliphatic rings. The number of hydrogen-bond donors (Lipinski definition) is 3. The van der Waals surface area contributed by atoms with Gasteiger partial charge in [0.05, 0.1) is 0 Å². The van der Waals surface area contributed by atoms with Crippen molar-refractivity contribution in [2.45, 2.75) is 0 Å². The van der Waals surface area contributed by atoms with Gasteiger partial charge in [0.15, 0.2) is 0 Å². The zero-order valence-electron chi connectivity index (χ0n) is 3.95. The molecule has 0 aliphatic carbocycles. The van der Waals surface area contributed by atoms with E-state index in [0.717, 1.165) is 0 Å². The molecule has 0 unspecified atom stereocenters. The summed E-state index contributed by atoms with van der Waals surface area (Å²) in [7, 11) is 0. The fourth-order valence-electron chi connectivity index (χ4n) is 0. The third-order valence-corrected chi connectivity index (χ3v) is 0. The second-order valence-electron chi connectivity index (χ2n) is 0. The summed E-state index contributed by atoms with van der Waals surface area (Å²) in [5, 5.41) is 0. The normalized spacial score (nSPS) is 0. The minimum Gasteiger partial charge on any atom is -0.412 e. The summed E-state index contributed by atoms with van der Waals surface area (Å²) in [6.07, 6.45) is 0. The van der Waals surface area contributed by atoms with E-state index in [0.29, 0.717) is 0 Å². The van der Waals surface area contributed by atoms with Gasteiger partial charge in [0.2, 0.25) is 0 Å². The van der Waals surface area contributed by atoms with E-state index in [-0.39, 0.29) is 51.7 Å². The maximum atomic E-state index is 0. The predicted octanol–water partition coefficient (Wildman–Crippen LogP) is -1.99. The van der Waals surface area contributed by atoms with Crippen molar-refractivity contribution in [3.63, 3.8) is 0 Å². The molecule has 0 bridgehead atoms. The molecule has 0 aliphatic heterocycles. The van der Waals surface area contributed by atoms with Crippen LogP contribution in [0.5, 0.6) is 0 Å². The van der Waals surface area contributed by atoms with Gasteiger partial charge in [-0.1, -0.05) is 0 Å². The Kier molecular flexibility index (Phi) is 1400000. The van der Waals surface area contributed by atoms with Crippen molar-refractivity contribution >= 4 is 0 Å². The van der Waals surface area contributed by atoms with E-state index in [4.69, 9.17) is 0 Å². The van der Waals surface area contributed by atoms with E-state index in [9.17, 15) is 0 Å². The summed E-state index contributed by atoms with van der Waals surface area (Å²) < 4.78 is 0. The molecule has 0 fully saturated rings. The topological polar surface area (TPSA) is 200 Å². The Balaban J connectivity index is 0. The molecule has 7 heavy (non-hydrogen) atoms. The van der Waals surface area contributed by atoms with Crippen LogP contribution in [0.1, 0.15) is 0 Å². The van der Waals surface area contributed by atoms with E-state index in [1.165, 1.54) is 0 Å². The zero-order valence-corrected chi connectivity index (χ0v) is 5.00. The van der Waals surface area contributed by atoms with Crippen molar-refractivity contribution in [3.05, 3.63) is 0 Å². The Morgan fingerprint density at radius 2 is 0.429 bits per heavy atom. The summed E-state index contributed by atoms with van der Waals surface area (Å²) in [5.41, 5.74) is 0. The second-order valence-corrected chi connectivity index (χ2v) is 0. The molecule has 0 aromatic heterocycles. The first-order chi connectivity index (χ1) is 0. The maximum absolute atomic E-state index is 0. The Bertz CT molecular complexity index is 10.1. The van der Waals surface area contributed by atoms with Crippen LogP contribution in [-0.2, 0) is 16.8 Å². The summed E-state index contributed by atoms with van der Waals surface area (Å²) in [6.45, 7) is 0. The van der Waals surface area contributed by atoms with Crippen LogP contribution in [0.2, 0.25) is 0 Å². The SMILES string of the molecule is N.N.N.O.O.O.[Co+3]. The van der Waals surface area contributed by atoms with Crippen molar-refractivity contribution in [2.75, 3.05) is 0 Å². The molecule has 0 saturated carbocycles. The molecule has 15 N–H and O–H groups in total. The Morgan fingerprint density at radius 3 is 0.429 bits per heavy atom. The number of rotatable bonds is 0. The molecule has 54 valence electrons. The first-order valence-corrected chi connectivity index (χ1v) is 0. The van der Waals surface area contributed by atoms with E-state index < -0.39 is 0 Å². The molecule has 0 aromatic carbocycles. The van der Waals surface area contributed by atoms with Gasteiger partial charge in [0.1, 0.15) is 0 Å². The Labute approximate surface area is 52.5 Å². The summed E-state index contributed by atoms with van der Waals surface area (Å²) in [6, 6.07) is 0. The molecule has 0 spiro atoms. The van der Waals surface area contributed by atoms with Crippen LogP contribution in [0.3, 0.4) is 0 Å². The second kappa shape index (κ2) is 2450. The van der Waals surface area contributed by atoms with Gasteiger partial charge >= 0.3 is 16.8 Å². The molecule has 0 atom stereocenters. The van der Waals surface area contributed by atoms with Gasteiger partial charge in [-0.05, 0) is 0 Å². The van der Waals surface area contributed by atoms with E-state index in [1.807, 2.05) is 0 Å². The Morgan fingerprint density at radius 1 is 0.429 bits per heavy atom. The molecule has 0 rings (SSSR count). The third-order valence-electron chi connectivity index (χ3n) is 0. The zero-order chi connectivity index (χ0) is 0. The number of hydrogen-bond acceptors (Lipinski definition) is 3. The first-order valence-electron chi connectivity index (χ1n) is 0. The molecule has 0 saturated heterocycles. The van der Waals surface area contributed by atoms with Crippen LogP contribution in [0.15, 0.2) is 0 Å². The third kappa shape index (κ3) is 1610. The van der Waals surface area contributed by atoms with Gasteiger partial charge in [0, 0.05) is 0 Å². The predicted molar refractivity (Wildman–Crippen MR) is 25.9 cm³/mol. The van der Waals surface area contributed by atoms with Crippen molar-refractivity contribution in [1.29, 1.82) is 0 Å². The maximum Gasteiger partial charge on any atom is 3.00 e. The van der Waals surface area contributed by atoms with Gasteiger partial charge in [-0.3, -0.25) is 0 Å². The van der Waals surface area contributed by atoms with Gasteiger partial charge in [-0.2, -0.15) is 0 Å². The molecule has 6 nitrogen and oxygen atoms in total. The van der Waals surface area contributed by atoms with Gasteiger partial charge in [0.25, 0.3) is 0 Å². The largest absolute Gasteiger partial charge is 3.00 e. The summed E-state index contributed by atoms with van der Waals surface area (Å²) in [4.78, 5) is 0. The van der Waals surface area contributed by atoms with Crippen LogP contribution >= 0.6 is 0 Å². The van der Waals surface area contributed by atoms with Crippen LogP contribution < -0.4 is 18.5 Å². The molecule has 7 heteroatoms. The monoisotopic (exact) mass is 164 g/mol. The smallest absolute Gasteiger partial charge is 0.412 e. The van der Waals surface area contributed by atoms with Gasteiger partial charge < -0.3 is 34.9 Å². The molecule has 0 aromatic rings. The van der Waals surface area contributed by atoms with Gasteiger partial charge in [-0.25, -0.2) is 0 Å². The van der Waals surface area contributed by atoms with E-state index in [1.54, 1.807) is 0 Å². The standard InChI is InChI=1S/Co.3H3N.3H2O/h;3*1H3;3*1H2/q+3;;;;;;. The van der Waals surface area contributed by atoms with E-state index >= 15 is 0 Å². The fraction of sp³-hybridized carbons (Fsp3) is 0. The van der Waals surface area contributed by atoms with Crippen molar-refractivity contribution < 1.29 is 33.2 Å². The van der Waals surface area contributed by atoms with Crippen molar-refractivity contribution in [2.24, 2.45) is 0 Å². The molecular weight excluding hydrogens is 149 g/mol. The summed E-state index contributed by atoms with van der Waals surface area (Å²) in [5.74, 6) is 0. The van der Waals surface area contributed by atoms with Crippen molar-refractivity contribution in [1.82, 2.24) is 18.5 Å².